The Bertz CT molecular complexity index is 2930. The topological polar surface area (TPSA) is 38.7 Å². The van der Waals surface area contributed by atoms with Crippen molar-refractivity contribution >= 4 is 5.57 Å². The average molecular weight is 816 g/mol. The fraction of sp³-hybridized carbons (Fsp3) is 0.150. The first-order valence-corrected chi connectivity index (χ1v) is 22.4. The van der Waals surface area contributed by atoms with E-state index in [2.05, 4.69) is 177 Å². The summed E-state index contributed by atoms with van der Waals surface area (Å²) in [7, 11) is 0. The normalized spacial score (nSPS) is 18.5. The molecule has 4 aliphatic carbocycles. The molecule has 7 aromatic rings. The van der Waals surface area contributed by atoms with Gasteiger partial charge in [0, 0.05) is 33.9 Å². The van der Waals surface area contributed by atoms with Crippen LogP contribution in [-0.4, -0.2) is 15.0 Å². The molecule has 63 heavy (non-hydrogen) atoms. The molecule has 0 saturated heterocycles. The summed E-state index contributed by atoms with van der Waals surface area (Å²) in [4.78, 5) is 15.1. The summed E-state index contributed by atoms with van der Waals surface area (Å²) in [6.07, 6.45) is 24.7. The van der Waals surface area contributed by atoms with E-state index in [1.165, 1.54) is 55.6 Å². The minimum absolute atomic E-state index is 0.120. The van der Waals surface area contributed by atoms with Gasteiger partial charge in [0.25, 0.3) is 0 Å². The molecule has 3 heteroatoms. The van der Waals surface area contributed by atoms with E-state index >= 15 is 0 Å². The molecule has 0 bridgehead atoms. The van der Waals surface area contributed by atoms with Gasteiger partial charge in [0.1, 0.15) is 0 Å². The molecule has 0 N–H and O–H groups in total. The summed E-state index contributed by atoms with van der Waals surface area (Å²) in [5.74, 6) is 2.68. The average Bonchev–Trinajstić information content (AvgIpc) is 3.64. The Labute approximate surface area is 373 Å². The lowest BCUT2D eigenvalue weighted by Crippen LogP contribution is -2.38. The van der Waals surface area contributed by atoms with Crippen molar-refractivity contribution in [3.05, 3.63) is 241 Å². The highest BCUT2D eigenvalue weighted by Crippen LogP contribution is 2.61. The molecule has 308 valence electrons. The Hall–Kier alpha value is -7.23. The van der Waals surface area contributed by atoms with E-state index in [1.54, 1.807) is 6.08 Å². The second kappa shape index (κ2) is 18.4. The standard InChI is InChI=1S/C53H39N3.C5H8.C2H6/c1-3-14-35(15-4-1)39-19-13-20-41(32-39)52-55-50(37-16-5-2-6-17-37)54-51(56-52)38-28-26-36(27-29-38)40-30-31-49-46(33-40)45-23-10-12-25-48(45)53(49)34-42-18-7-8-21-43(42)44-22-9-11-24-47(44)53;1-3-5-4-2;1-2/h1-3,5-14,16-33,45,48H,4,15,34H2;3-5H,1H2,2H3;1-2H3/b;5-4-;. The molecule has 0 saturated carbocycles. The molecule has 1 heterocycles. The number of aromatic nitrogens is 3. The molecular formula is C60H53N3. The number of allylic oxidation sites excluding steroid dienone is 11. The van der Waals surface area contributed by atoms with Gasteiger partial charge >= 0.3 is 0 Å². The van der Waals surface area contributed by atoms with Gasteiger partial charge in [-0.2, -0.15) is 0 Å². The van der Waals surface area contributed by atoms with E-state index < -0.39 is 0 Å². The van der Waals surface area contributed by atoms with Crippen LogP contribution in [0.2, 0.25) is 0 Å². The Morgan fingerprint density at radius 1 is 0.571 bits per heavy atom. The van der Waals surface area contributed by atoms with E-state index in [0.717, 1.165) is 36.0 Å². The van der Waals surface area contributed by atoms with Crippen LogP contribution in [0.15, 0.2) is 213 Å². The molecule has 1 aromatic heterocycles. The number of rotatable bonds is 6. The third-order valence-electron chi connectivity index (χ3n) is 12.8. The first-order valence-electron chi connectivity index (χ1n) is 22.4. The summed E-state index contributed by atoms with van der Waals surface area (Å²) in [6.45, 7) is 9.42. The zero-order valence-corrected chi connectivity index (χ0v) is 36.5. The first-order chi connectivity index (χ1) is 31.1. The Balaban J connectivity index is 0.000000675. The van der Waals surface area contributed by atoms with Gasteiger partial charge in [-0.3, -0.25) is 0 Å². The third-order valence-corrected chi connectivity index (χ3v) is 12.8. The molecule has 6 aromatic carbocycles. The molecule has 0 fully saturated rings. The van der Waals surface area contributed by atoms with Crippen molar-refractivity contribution in [1.82, 2.24) is 15.0 Å². The lowest BCUT2D eigenvalue weighted by molar-refractivity contribution is 0.386. The van der Waals surface area contributed by atoms with E-state index in [4.69, 9.17) is 15.0 Å². The van der Waals surface area contributed by atoms with E-state index in [-0.39, 0.29) is 5.41 Å². The van der Waals surface area contributed by atoms with Crippen molar-refractivity contribution < 1.29 is 0 Å². The van der Waals surface area contributed by atoms with Gasteiger partial charge < -0.3 is 0 Å². The monoisotopic (exact) mass is 815 g/mol. The molecule has 0 aliphatic heterocycles. The number of hydrogen-bond donors (Lipinski definition) is 0. The molecule has 4 aliphatic rings. The molecule has 1 spiro atoms. The van der Waals surface area contributed by atoms with Crippen LogP contribution in [-0.2, 0) is 11.8 Å². The Kier molecular flexibility index (Phi) is 12.0. The number of nitrogens with zero attached hydrogens (tertiary/aromatic N) is 3. The number of hydrogen-bond acceptors (Lipinski definition) is 3. The Morgan fingerprint density at radius 2 is 1.21 bits per heavy atom. The zero-order chi connectivity index (χ0) is 43.2. The summed E-state index contributed by atoms with van der Waals surface area (Å²) >= 11 is 0. The van der Waals surface area contributed by atoms with Crippen molar-refractivity contribution in [2.45, 2.75) is 51.4 Å². The SMILES string of the molecule is C1=CCCC(c2cccc(-c3nc(-c4ccccc4)nc(-c4ccc(-c5ccc6c(c5)C5C=CC=CC5C65Cc6ccccc6-c6ccccc65)cc4)n3)c2)=C1.C=C/C=C\C.CC. The fourth-order valence-corrected chi connectivity index (χ4v) is 9.96. The van der Waals surface area contributed by atoms with Crippen LogP contribution < -0.4 is 0 Å². The van der Waals surface area contributed by atoms with Crippen LogP contribution in [0, 0.1) is 5.92 Å². The van der Waals surface area contributed by atoms with Gasteiger partial charge in [-0.15, -0.1) is 0 Å². The number of benzene rings is 6. The summed E-state index contributed by atoms with van der Waals surface area (Å²) in [6, 6.07) is 52.9. The van der Waals surface area contributed by atoms with E-state index in [9.17, 15) is 0 Å². The van der Waals surface area contributed by atoms with Crippen LogP contribution >= 0.6 is 0 Å². The lowest BCUT2D eigenvalue weighted by Gasteiger charge is -2.43. The molecule has 3 atom stereocenters. The summed E-state index contributed by atoms with van der Waals surface area (Å²) < 4.78 is 0. The smallest absolute Gasteiger partial charge is 0.164 e. The van der Waals surface area contributed by atoms with Crippen molar-refractivity contribution in [1.29, 1.82) is 0 Å². The van der Waals surface area contributed by atoms with Gasteiger partial charge in [-0.05, 0) is 87.9 Å². The second-order valence-electron chi connectivity index (χ2n) is 16.2. The van der Waals surface area contributed by atoms with Crippen LogP contribution in [0.4, 0.5) is 0 Å². The van der Waals surface area contributed by atoms with Crippen LogP contribution in [0.1, 0.15) is 67.3 Å². The first kappa shape index (κ1) is 41.1. The maximum atomic E-state index is 5.09. The predicted molar refractivity (Wildman–Crippen MR) is 265 cm³/mol. The second-order valence-corrected chi connectivity index (χ2v) is 16.2. The van der Waals surface area contributed by atoms with Gasteiger partial charge in [0.05, 0.1) is 0 Å². The lowest BCUT2D eigenvalue weighted by atomic mass is 9.59. The van der Waals surface area contributed by atoms with Crippen molar-refractivity contribution in [3.63, 3.8) is 0 Å². The fourth-order valence-electron chi connectivity index (χ4n) is 9.96. The largest absolute Gasteiger partial charge is 0.208 e. The van der Waals surface area contributed by atoms with Crippen LogP contribution in [0.25, 0.3) is 62.0 Å². The minimum atomic E-state index is -0.120. The molecule has 11 rings (SSSR count). The maximum Gasteiger partial charge on any atom is 0.164 e. The van der Waals surface area contributed by atoms with Gasteiger partial charge in [0.15, 0.2) is 17.5 Å². The van der Waals surface area contributed by atoms with Gasteiger partial charge in [0.2, 0.25) is 0 Å². The summed E-state index contributed by atoms with van der Waals surface area (Å²) in [5, 5.41) is 0. The van der Waals surface area contributed by atoms with Crippen molar-refractivity contribution in [2.75, 3.05) is 0 Å². The van der Waals surface area contributed by atoms with Gasteiger partial charge in [-0.25, -0.2) is 15.0 Å². The van der Waals surface area contributed by atoms with E-state index in [1.807, 2.05) is 51.1 Å². The van der Waals surface area contributed by atoms with Crippen LogP contribution in [0.3, 0.4) is 0 Å². The highest BCUT2D eigenvalue weighted by molar-refractivity contribution is 5.80. The zero-order valence-electron chi connectivity index (χ0n) is 36.5. The molecule has 3 unspecified atom stereocenters. The van der Waals surface area contributed by atoms with Gasteiger partial charge in [-0.1, -0.05) is 221 Å². The molecule has 0 amide bonds. The third kappa shape index (κ3) is 7.81. The minimum Gasteiger partial charge on any atom is -0.208 e. The molecular weight excluding hydrogens is 763 g/mol. The quantitative estimate of drug-likeness (QED) is 0.157. The highest BCUT2D eigenvalue weighted by atomic mass is 15.0. The summed E-state index contributed by atoms with van der Waals surface area (Å²) in [5.41, 5.74) is 16.3. The van der Waals surface area contributed by atoms with Crippen molar-refractivity contribution in [3.8, 4) is 56.4 Å². The number of fused-ring (bicyclic) bond motifs is 9. The molecule has 3 nitrogen and oxygen atoms in total. The van der Waals surface area contributed by atoms with Crippen LogP contribution in [0.5, 0.6) is 0 Å². The van der Waals surface area contributed by atoms with Crippen molar-refractivity contribution in [2.24, 2.45) is 5.92 Å². The highest BCUT2D eigenvalue weighted by Gasteiger charge is 2.54. The Morgan fingerprint density at radius 3 is 1.94 bits per heavy atom. The van der Waals surface area contributed by atoms with E-state index in [0.29, 0.717) is 29.3 Å². The molecule has 0 radical (unpaired) electrons. The maximum absolute atomic E-state index is 5.09. The predicted octanol–water partition coefficient (Wildman–Crippen LogP) is 15.4.